The molecule has 1 heterocycles. The van der Waals surface area contributed by atoms with Crippen LogP contribution in [-0.2, 0) is 0 Å². The van der Waals surface area contributed by atoms with Gasteiger partial charge in [-0.2, -0.15) is 0 Å². The number of ether oxygens (including phenoxy) is 1. The van der Waals surface area contributed by atoms with Gasteiger partial charge in [0, 0.05) is 11.6 Å². The molecule has 2 unspecified atom stereocenters. The molecule has 1 aliphatic heterocycles. The molecule has 2 fully saturated rings. The Labute approximate surface area is 127 Å². The molecule has 2 atom stereocenters. The van der Waals surface area contributed by atoms with Crippen molar-refractivity contribution in [2.75, 3.05) is 19.7 Å². The van der Waals surface area contributed by atoms with Gasteiger partial charge >= 0.3 is 0 Å². The lowest BCUT2D eigenvalue weighted by Crippen LogP contribution is -2.45. The maximum Gasteiger partial charge on any atom is 0.176 e. The molecule has 1 saturated carbocycles. The number of hydrogen-bond acceptors (Lipinski definition) is 3. The van der Waals surface area contributed by atoms with Gasteiger partial charge in [-0.1, -0.05) is 6.42 Å². The topological polar surface area (TPSA) is 29.5 Å². The lowest BCUT2D eigenvalue weighted by atomic mass is 9.91. The summed E-state index contributed by atoms with van der Waals surface area (Å²) in [4.78, 5) is 14.9. The molecule has 3 nitrogen and oxygen atoms in total. The normalized spacial score (nSPS) is 25.6. The number of nitrogens with zero attached hydrogens (tertiary/aromatic N) is 1. The summed E-state index contributed by atoms with van der Waals surface area (Å²) in [6.07, 6.45) is 6.58. The predicted molar refractivity (Wildman–Crippen MR) is 83.9 cm³/mol. The lowest BCUT2D eigenvalue weighted by molar-refractivity contribution is 0.0777. The first kappa shape index (κ1) is 14.6. The molecule has 21 heavy (non-hydrogen) atoms. The van der Waals surface area contributed by atoms with Crippen LogP contribution in [0.4, 0.5) is 0 Å². The van der Waals surface area contributed by atoms with Crippen molar-refractivity contribution in [1.29, 1.82) is 0 Å². The van der Waals surface area contributed by atoms with Crippen molar-refractivity contribution in [2.45, 2.75) is 45.1 Å². The minimum atomic E-state index is 0.241. The van der Waals surface area contributed by atoms with Crippen molar-refractivity contribution < 1.29 is 9.53 Å². The molecule has 0 radical (unpaired) electrons. The van der Waals surface area contributed by atoms with E-state index in [2.05, 4.69) is 4.90 Å². The van der Waals surface area contributed by atoms with Crippen LogP contribution in [0.25, 0.3) is 0 Å². The van der Waals surface area contributed by atoms with E-state index < -0.39 is 0 Å². The molecule has 0 spiro atoms. The molecule has 114 valence electrons. The first-order valence-electron chi connectivity index (χ1n) is 8.28. The standard InChI is InChI=1S/C18H25NO2/c1-2-21-16-10-8-15(9-11-16)18(20)13-19-12-4-6-14-5-3-7-17(14)19/h8-11,14,17H,2-7,12-13H2,1H3. The Morgan fingerprint density at radius 2 is 1.95 bits per heavy atom. The highest BCUT2D eigenvalue weighted by Crippen LogP contribution is 2.36. The van der Waals surface area contributed by atoms with Crippen LogP contribution in [0, 0.1) is 5.92 Å². The van der Waals surface area contributed by atoms with E-state index in [1.54, 1.807) is 0 Å². The Hall–Kier alpha value is -1.35. The van der Waals surface area contributed by atoms with Crippen LogP contribution in [0.3, 0.4) is 0 Å². The Kier molecular flexibility index (Phi) is 4.59. The highest BCUT2D eigenvalue weighted by molar-refractivity contribution is 5.97. The summed E-state index contributed by atoms with van der Waals surface area (Å²) in [6.45, 7) is 4.29. The number of hydrogen-bond donors (Lipinski definition) is 0. The number of likely N-dealkylation sites (tertiary alicyclic amines) is 1. The second-order valence-electron chi connectivity index (χ2n) is 6.25. The predicted octanol–water partition coefficient (Wildman–Crippen LogP) is 3.53. The number of carbonyl (C=O) groups excluding carboxylic acids is 1. The lowest BCUT2D eigenvalue weighted by Gasteiger charge is -2.37. The van der Waals surface area contributed by atoms with Gasteiger partial charge in [0.15, 0.2) is 5.78 Å². The smallest absolute Gasteiger partial charge is 0.176 e. The largest absolute Gasteiger partial charge is 0.494 e. The zero-order valence-corrected chi connectivity index (χ0v) is 12.9. The summed E-state index contributed by atoms with van der Waals surface area (Å²) < 4.78 is 5.43. The van der Waals surface area contributed by atoms with Crippen molar-refractivity contribution in [2.24, 2.45) is 5.92 Å². The zero-order chi connectivity index (χ0) is 14.7. The van der Waals surface area contributed by atoms with Gasteiger partial charge in [0.25, 0.3) is 0 Å². The fraction of sp³-hybridized carbons (Fsp3) is 0.611. The number of piperidine rings is 1. The zero-order valence-electron chi connectivity index (χ0n) is 12.9. The Balaban J connectivity index is 1.62. The third kappa shape index (κ3) is 3.29. The summed E-state index contributed by atoms with van der Waals surface area (Å²) in [7, 11) is 0. The van der Waals surface area contributed by atoms with Crippen LogP contribution in [0.2, 0.25) is 0 Å². The van der Waals surface area contributed by atoms with Gasteiger partial charge in [0.1, 0.15) is 5.75 Å². The number of benzene rings is 1. The molecule has 2 aliphatic rings. The molecule has 3 rings (SSSR count). The van der Waals surface area contributed by atoms with Crippen molar-refractivity contribution in [3.8, 4) is 5.75 Å². The van der Waals surface area contributed by atoms with Crippen LogP contribution in [0.15, 0.2) is 24.3 Å². The molecule has 0 N–H and O–H groups in total. The van der Waals surface area contributed by atoms with E-state index >= 15 is 0 Å². The Morgan fingerprint density at radius 1 is 1.19 bits per heavy atom. The number of fused-ring (bicyclic) bond motifs is 1. The van der Waals surface area contributed by atoms with Gasteiger partial charge in [0.05, 0.1) is 13.2 Å². The van der Waals surface area contributed by atoms with E-state index in [0.29, 0.717) is 19.2 Å². The molecule has 1 aromatic carbocycles. The van der Waals surface area contributed by atoms with Crippen LogP contribution in [0.5, 0.6) is 5.75 Å². The highest BCUT2D eigenvalue weighted by Gasteiger charge is 2.35. The van der Waals surface area contributed by atoms with Crippen LogP contribution < -0.4 is 4.74 Å². The fourth-order valence-corrected chi connectivity index (χ4v) is 3.93. The first-order valence-corrected chi connectivity index (χ1v) is 8.28. The Bertz CT molecular complexity index is 482. The number of Topliss-reactive ketones (excluding diaryl/α,β-unsaturated/α-hetero) is 1. The first-order chi connectivity index (χ1) is 10.3. The molecule has 1 aromatic rings. The van der Waals surface area contributed by atoms with E-state index in [1.165, 1.54) is 32.1 Å². The summed E-state index contributed by atoms with van der Waals surface area (Å²) in [5.41, 5.74) is 0.804. The van der Waals surface area contributed by atoms with Gasteiger partial charge < -0.3 is 4.74 Å². The fourth-order valence-electron chi connectivity index (χ4n) is 3.93. The third-order valence-corrected chi connectivity index (χ3v) is 4.94. The second-order valence-corrected chi connectivity index (χ2v) is 6.25. The molecule has 0 amide bonds. The van der Waals surface area contributed by atoms with Crippen molar-refractivity contribution in [3.05, 3.63) is 29.8 Å². The van der Waals surface area contributed by atoms with E-state index in [9.17, 15) is 4.79 Å². The minimum absolute atomic E-state index is 0.241. The SMILES string of the molecule is CCOc1ccc(C(=O)CN2CCCC3CCCC32)cc1. The monoisotopic (exact) mass is 287 g/mol. The minimum Gasteiger partial charge on any atom is -0.494 e. The second kappa shape index (κ2) is 6.61. The van der Waals surface area contributed by atoms with Crippen molar-refractivity contribution in [1.82, 2.24) is 4.90 Å². The maximum absolute atomic E-state index is 12.5. The average Bonchev–Trinajstić information content (AvgIpc) is 2.98. The number of ketones is 1. The molecular weight excluding hydrogens is 262 g/mol. The van der Waals surface area contributed by atoms with Gasteiger partial charge in [-0.25, -0.2) is 0 Å². The van der Waals surface area contributed by atoms with Crippen LogP contribution >= 0.6 is 0 Å². The molecular formula is C18H25NO2. The summed E-state index contributed by atoms with van der Waals surface area (Å²) >= 11 is 0. The number of rotatable bonds is 5. The Morgan fingerprint density at radius 3 is 2.71 bits per heavy atom. The van der Waals surface area contributed by atoms with Crippen molar-refractivity contribution in [3.63, 3.8) is 0 Å². The maximum atomic E-state index is 12.5. The molecule has 0 aromatic heterocycles. The molecule has 3 heteroatoms. The van der Waals surface area contributed by atoms with E-state index in [1.807, 2.05) is 31.2 Å². The third-order valence-electron chi connectivity index (χ3n) is 4.94. The highest BCUT2D eigenvalue weighted by atomic mass is 16.5. The summed E-state index contributed by atoms with van der Waals surface area (Å²) in [5.74, 6) is 1.92. The molecule has 1 aliphatic carbocycles. The van der Waals surface area contributed by atoms with Gasteiger partial charge in [-0.05, 0) is 69.3 Å². The molecule has 1 saturated heterocycles. The van der Waals surface area contributed by atoms with Crippen LogP contribution in [-0.4, -0.2) is 36.4 Å². The summed E-state index contributed by atoms with van der Waals surface area (Å²) in [6, 6.07) is 8.23. The molecule has 0 bridgehead atoms. The number of carbonyl (C=O) groups is 1. The van der Waals surface area contributed by atoms with Gasteiger partial charge in [-0.15, -0.1) is 0 Å². The van der Waals surface area contributed by atoms with Gasteiger partial charge in [0.2, 0.25) is 0 Å². The van der Waals surface area contributed by atoms with Gasteiger partial charge in [-0.3, -0.25) is 9.69 Å². The van der Waals surface area contributed by atoms with E-state index in [0.717, 1.165) is 23.8 Å². The summed E-state index contributed by atoms with van der Waals surface area (Å²) in [5, 5.41) is 0. The quantitative estimate of drug-likeness (QED) is 0.776. The van der Waals surface area contributed by atoms with E-state index in [-0.39, 0.29) is 5.78 Å². The average molecular weight is 287 g/mol. The van der Waals surface area contributed by atoms with Crippen LogP contribution in [0.1, 0.15) is 49.4 Å². The van der Waals surface area contributed by atoms with Crippen molar-refractivity contribution >= 4 is 5.78 Å². The van der Waals surface area contributed by atoms with E-state index in [4.69, 9.17) is 4.74 Å².